The Morgan fingerprint density at radius 2 is 1.78 bits per heavy atom. The molecule has 1 amide bonds. The van der Waals surface area contributed by atoms with Crippen LogP contribution in [0.15, 0.2) is 60.7 Å². The summed E-state index contributed by atoms with van der Waals surface area (Å²) in [6, 6.07) is 19.9. The van der Waals surface area contributed by atoms with Gasteiger partial charge in [0.25, 0.3) is 5.91 Å². The van der Waals surface area contributed by atoms with E-state index >= 15 is 0 Å². The van der Waals surface area contributed by atoms with Gasteiger partial charge in [-0.1, -0.05) is 48.0 Å². The quantitative estimate of drug-likeness (QED) is 0.731. The topological polar surface area (TPSA) is 46.4 Å². The second-order valence-electron chi connectivity index (χ2n) is 7.19. The number of quaternary nitrogens is 1. The number of carbonyl (C=O) groups excluding carboxylic acids is 1. The van der Waals surface area contributed by atoms with Crippen LogP contribution in [0.2, 0.25) is 5.02 Å². The van der Waals surface area contributed by atoms with Gasteiger partial charge < -0.3 is 10.2 Å². The highest BCUT2D eigenvalue weighted by atomic mass is 35.5. The van der Waals surface area contributed by atoms with Gasteiger partial charge in [-0.15, -0.1) is 0 Å². The number of rotatable bonds is 4. The van der Waals surface area contributed by atoms with E-state index in [0.29, 0.717) is 5.69 Å². The average Bonchev–Trinajstić information content (AvgIpc) is 2.71. The Morgan fingerprint density at radius 1 is 1.04 bits per heavy atom. The third kappa shape index (κ3) is 4.46. The molecule has 2 N–H and O–H groups in total. The molecule has 0 unspecified atom stereocenters. The number of halogens is 1. The lowest BCUT2D eigenvalue weighted by Gasteiger charge is -2.29. The van der Waals surface area contributed by atoms with E-state index in [0.717, 1.165) is 48.4 Å². The number of benzene rings is 2. The van der Waals surface area contributed by atoms with Crippen molar-refractivity contribution in [3.05, 3.63) is 76.9 Å². The van der Waals surface area contributed by atoms with Crippen molar-refractivity contribution >= 4 is 28.4 Å². The van der Waals surface area contributed by atoms with Crippen LogP contribution in [0.25, 0.3) is 10.9 Å². The second-order valence-corrected chi connectivity index (χ2v) is 7.63. The van der Waals surface area contributed by atoms with Gasteiger partial charge in [-0.05, 0) is 24.3 Å². The van der Waals surface area contributed by atoms with E-state index in [1.807, 2.05) is 42.5 Å². The number of fused-ring (bicyclic) bond motifs is 1. The van der Waals surface area contributed by atoms with Crippen molar-refractivity contribution in [3.8, 4) is 0 Å². The number of likely N-dealkylation sites (tertiary alicyclic amines) is 1. The van der Waals surface area contributed by atoms with Gasteiger partial charge in [-0.3, -0.25) is 4.79 Å². The van der Waals surface area contributed by atoms with E-state index in [1.54, 1.807) is 11.0 Å². The van der Waals surface area contributed by atoms with E-state index in [9.17, 15) is 4.79 Å². The van der Waals surface area contributed by atoms with Crippen LogP contribution in [0.1, 0.15) is 28.9 Å². The third-order valence-electron chi connectivity index (χ3n) is 5.23. The summed E-state index contributed by atoms with van der Waals surface area (Å²) in [5.41, 5.74) is 2.65. The van der Waals surface area contributed by atoms with Crippen molar-refractivity contribution in [2.75, 3.05) is 13.1 Å². The molecule has 1 saturated heterocycles. The molecule has 4 nitrogen and oxygen atoms in total. The second kappa shape index (κ2) is 8.07. The number of hydrogen-bond donors (Lipinski definition) is 2. The molecule has 1 aliphatic rings. The largest absolute Gasteiger partial charge is 0.348 e. The van der Waals surface area contributed by atoms with E-state index in [-0.39, 0.29) is 11.9 Å². The fourth-order valence-corrected chi connectivity index (χ4v) is 3.82. The molecular weight excluding hydrogens is 358 g/mol. The van der Waals surface area contributed by atoms with E-state index in [1.165, 1.54) is 5.56 Å². The molecule has 0 saturated carbocycles. The summed E-state index contributed by atoms with van der Waals surface area (Å²) in [7, 11) is 0. The van der Waals surface area contributed by atoms with Gasteiger partial charge in [0.2, 0.25) is 0 Å². The number of hydrogen-bond acceptors (Lipinski definition) is 2. The number of piperidine rings is 1. The summed E-state index contributed by atoms with van der Waals surface area (Å²) in [4.78, 5) is 18.6. The predicted molar refractivity (Wildman–Crippen MR) is 108 cm³/mol. The molecule has 5 heteroatoms. The van der Waals surface area contributed by atoms with Crippen molar-refractivity contribution < 1.29 is 9.69 Å². The Morgan fingerprint density at radius 3 is 2.56 bits per heavy atom. The van der Waals surface area contributed by atoms with E-state index in [4.69, 9.17) is 11.6 Å². The third-order valence-corrected chi connectivity index (χ3v) is 5.48. The number of nitrogens with zero attached hydrogens (tertiary/aromatic N) is 1. The zero-order valence-corrected chi connectivity index (χ0v) is 15.9. The Bertz CT molecular complexity index is 934. The maximum Gasteiger partial charge on any atom is 0.270 e. The number of nitrogens with one attached hydrogen (secondary N) is 2. The number of carbonyl (C=O) groups is 1. The molecule has 0 radical (unpaired) electrons. The van der Waals surface area contributed by atoms with Gasteiger partial charge in [0.15, 0.2) is 0 Å². The van der Waals surface area contributed by atoms with Crippen molar-refractivity contribution in [1.29, 1.82) is 0 Å². The molecule has 0 spiro atoms. The molecular formula is C22H23ClN3O+. The summed E-state index contributed by atoms with van der Waals surface area (Å²) in [5, 5.41) is 4.98. The van der Waals surface area contributed by atoms with Gasteiger partial charge in [-0.25, -0.2) is 4.98 Å². The predicted octanol–water partition coefficient (Wildman–Crippen LogP) is 2.87. The van der Waals surface area contributed by atoms with Crippen LogP contribution in [0.5, 0.6) is 0 Å². The van der Waals surface area contributed by atoms with Crippen molar-refractivity contribution in [2.45, 2.75) is 25.4 Å². The minimum Gasteiger partial charge on any atom is -0.348 e. The van der Waals surface area contributed by atoms with Gasteiger partial charge >= 0.3 is 0 Å². The maximum absolute atomic E-state index is 12.6. The first-order valence-corrected chi connectivity index (χ1v) is 9.80. The molecule has 0 atom stereocenters. The Hall–Kier alpha value is -2.43. The fraction of sp³-hybridized carbons (Fsp3) is 0.273. The average molecular weight is 381 g/mol. The molecule has 3 aromatic rings. The molecule has 138 valence electrons. The summed E-state index contributed by atoms with van der Waals surface area (Å²) >= 11 is 5.95. The normalized spacial score (nSPS) is 19.7. The number of para-hydroxylation sites is 1. The lowest BCUT2D eigenvalue weighted by Crippen LogP contribution is -3.12. The highest BCUT2D eigenvalue weighted by molar-refractivity contribution is 6.30. The highest BCUT2D eigenvalue weighted by Gasteiger charge is 2.24. The zero-order chi connectivity index (χ0) is 18.6. The molecule has 1 fully saturated rings. The van der Waals surface area contributed by atoms with Crippen LogP contribution < -0.4 is 10.2 Å². The summed E-state index contributed by atoms with van der Waals surface area (Å²) in [6.07, 6.45) is 1.98. The van der Waals surface area contributed by atoms with E-state index < -0.39 is 0 Å². The highest BCUT2D eigenvalue weighted by Crippen LogP contribution is 2.12. The molecule has 0 bridgehead atoms. The Balaban J connectivity index is 1.31. The van der Waals surface area contributed by atoms with Crippen LogP contribution in [0.3, 0.4) is 0 Å². The van der Waals surface area contributed by atoms with Crippen LogP contribution in [-0.4, -0.2) is 30.0 Å². The monoisotopic (exact) mass is 380 g/mol. The molecule has 0 aliphatic carbocycles. The van der Waals surface area contributed by atoms with Gasteiger partial charge in [0.05, 0.1) is 18.6 Å². The lowest BCUT2D eigenvalue weighted by molar-refractivity contribution is -0.918. The van der Waals surface area contributed by atoms with Gasteiger partial charge in [0.1, 0.15) is 12.2 Å². The minimum atomic E-state index is -0.0769. The van der Waals surface area contributed by atoms with Gasteiger partial charge in [-0.2, -0.15) is 0 Å². The smallest absolute Gasteiger partial charge is 0.270 e. The molecule has 2 heterocycles. The van der Waals surface area contributed by atoms with Gasteiger partial charge in [0, 0.05) is 34.9 Å². The first kappa shape index (κ1) is 18.0. The number of pyridine rings is 1. The van der Waals surface area contributed by atoms with Crippen molar-refractivity contribution in [3.63, 3.8) is 0 Å². The molecule has 2 aromatic carbocycles. The van der Waals surface area contributed by atoms with Crippen molar-refractivity contribution in [1.82, 2.24) is 10.3 Å². The first-order valence-electron chi connectivity index (χ1n) is 9.42. The fourth-order valence-electron chi connectivity index (χ4n) is 3.69. The standard InChI is InChI=1S/C22H22ClN3O/c23-18-8-5-16(6-9-18)15-26-13-11-19(12-14-26)24-22(27)21-10-7-17-3-1-2-4-20(17)25-21/h1-10,19H,11-15H2,(H,24,27)/p+1. The molecule has 4 rings (SSSR count). The van der Waals surface area contributed by atoms with Crippen molar-refractivity contribution in [2.24, 2.45) is 0 Å². The summed E-state index contributed by atoms with van der Waals surface area (Å²) < 4.78 is 0. The Labute approximate surface area is 164 Å². The molecule has 1 aliphatic heterocycles. The summed E-state index contributed by atoms with van der Waals surface area (Å²) in [6.45, 7) is 3.11. The minimum absolute atomic E-state index is 0.0769. The Kier molecular flexibility index (Phi) is 5.37. The molecule has 27 heavy (non-hydrogen) atoms. The zero-order valence-electron chi connectivity index (χ0n) is 15.1. The maximum atomic E-state index is 12.6. The van der Waals surface area contributed by atoms with E-state index in [2.05, 4.69) is 22.4 Å². The summed E-state index contributed by atoms with van der Waals surface area (Å²) in [5.74, 6) is -0.0769. The number of amides is 1. The number of aromatic nitrogens is 1. The SMILES string of the molecule is O=C(NC1CC[NH+](Cc2ccc(Cl)cc2)CC1)c1ccc2ccccc2n1. The van der Waals surface area contributed by atoms with Crippen LogP contribution in [-0.2, 0) is 6.54 Å². The first-order chi connectivity index (χ1) is 13.2. The molecule has 1 aromatic heterocycles. The van der Waals surface area contributed by atoms with Crippen LogP contribution >= 0.6 is 11.6 Å². The van der Waals surface area contributed by atoms with Crippen LogP contribution in [0, 0.1) is 0 Å². The van der Waals surface area contributed by atoms with Crippen LogP contribution in [0.4, 0.5) is 0 Å². The lowest BCUT2D eigenvalue weighted by atomic mass is 10.0.